The highest BCUT2D eigenvalue weighted by Gasteiger charge is 2.52. The van der Waals surface area contributed by atoms with Crippen molar-refractivity contribution in [3.8, 4) is 57.1 Å². The fraction of sp³-hybridized carbons (Fsp3) is 0.387. The number of carboxylic acid groups (broad SMARTS) is 1. The van der Waals surface area contributed by atoms with E-state index in [2.05, 4.69) is 37.2 Å². The quantitative estimate of drug-likeness (QED) is 0.0657. The Morgan fingerprint density at radius 3 is 1.98 bits per heavy atom. The van der Waals surface area contributed by atoms with Gasteiger partial charge in [-0.3, -0.25) is 33.6 Å². The van der Waals surface area contributed by atoms with Gasteiger partial charge in [-0.25, -0.2) is 4.79 Å². The normalized spacial score (nSPS) is 27.9. The molecule has 2 fully saturated rings. The summed E-state index contributed by atoms with van der Waals surface area (Å²) in [4.78, 5) is 118. The molecule has 0 saturated carbocycles. The van der Waals surface area contributed by atoms with Crippen LogP contribution in [0.1, 0.15) is 122 Å². The number of fused-ring (bicyclic) bond motifs is 15. The molecule has 21 N–H and O–H groups in total. The number of aromatic hydroxyl groups is 3. The van der Waals surface area contributed by atoms with Crippen molar-refractivity contribution in [2.75, 3.05) is 13.7 Å². The molecule has 0 spiro atoms. The molecule has 18 atom stereocenters. The van der Waals surface area contributed by atoms with Gasteiger partial charge in [0.15, 0.2) is 29.9 Å². The van der Waals surface area contributed by atoms with Crippen LogP contribution in [0.3, 0.4) is 0 Å². The lowest BCUT2D eigenvalue weighted by Crippen LogP contribution is -2.64. The predicted octanol–water partition coefficient (Wildman–Crippen LogP) is 2.64. The zero-order valence-corrected chi connectivity index (χ0v) is 60.8. The van der Waals surface area contributed by atoms with E-state index in [0.29, 0.717) is 0 Å². The number of ether oxygens (including phenoxy) is 6. The molecule has 7 aliphatic rings. The number of phenols is 3. The fourth-order valence-corrected chi connectivity index (χ4v) is 13.9. The maximum atomic E-state index is 16.3. The van der Waals surface area contributed by atoms with Crippen LogP contribution in [0.15, 0.2) is 103 Å². The maximum absolute atomic E-state index is 16.3. The lowest BCUT2D eigenvalue weighted by molar-refractivity contribution is -0.333. The van der Waals surface area contributed by atoms with E-state index < -0.39 is 254 Å². The van der Waals surface area contributed by atoms with Crippen LogP contribution in [0.25, 0.3) is 23.3 Å². The Labute approximate surface area is 639 Å². The number of hydrogen-bond donors (Lipinski definition) is 19. The second-order valence-corrected chi connectivity index (χ2v) is 28.7. The topological polar surface area (TPSA) is 530 Å². The van der Waals surface area contributed by atoms with Gasteiger partial charge in [0.1, 0.15) is 89.5 Å². The second-order valence-electron chi connectivity index (χ2n) is 28.3. The summed E-state index contributed by atoms with van der Waals surface area (Å²) in [5.41, 5.74) is 6.68. The number of halogens is 4. The number of carboxylic acids is 1. The van der Waals surface area contributed by atoms with Crippen LogP contribution in [0.2, 0.25) is 5.02 Å². The number of rotatable bonds is 15. The summed E-state index contributed by atoms with van der Waals surface area (Å²) in [5.74, 6) is -16.8. The van der Waals surface area contributed by atoms with Crippen LogP contribution in [0.5, 0.6) is 46.0 Å². The number of primary amides is 1. The second kappa shape index (κ2) is 33.3. The van der Waals surface area contributed by atoms with Crippen molar-refractivity contribution < 1.29 is 131 Å². The van der Waals surface area contributed by atoms with Gasteiger partial charge >= 0.3 is 12.1 Å². The summed E-state index contributed by atoms with van der Waals surface area (Å²) in [6.45, 7) is 5.49. The zero-order valence-electron chi connectivity index (χ0n) is 60.0. The SMILES string of the molecule is CN[C@H](CC(C)C)C(=O)N[C@H]1C(=O)N[C@@H](CC(N)=O)C(=O)N[C@H]2C(=O)N[C@H]3C(=O)N[C@H](C(=O)N[C@H](C(=O)O)c4cc(O)cc(O)c4-c4cc3ccc4O)[C@H](O)c3ccc(c(Cl)c3)Oc3cc2cc(c3O[C@@H]2O[C@H](CO)[C@@H](O)[C@H](O)[C@H]2O[C@H]2C[C@](C)(N)[C@H](O)[C@H](C)O2)Oc2ccc(cc2/C=C/c2ccc(C(F)(F)F)cc2)[C@H]1O. The molecular weight excluding hydrogens is 1500 g/mol. The third-order valence-electron chi connectivity index (χ3n) is 19.5. The molecule has 6 aromatic carbocycles. The number of carbonyl (C=O) groups is 8. The average Bonchev–Trinajstić information content (AvgIpc) is 0.766. The van der Waals surface area contributed by atoms with Gasteiger partial charge in [0.2, 0.25) is 53.4 Å². The number of likely N-dealkylation sites (N-methyl/N-ethyl adjacent to an activating group) is 1. The van der Waals surface area contributed by atoms with Crippen LogP contribution in [-0.2, 0) is 58.7 Å². The molecule has 2 saturated heterocycles. The highest BCUT2D eigenvalue weighted by atomic mass is 35.5. The van der Waals surface area contributed by atoms with Crippen molar-refractivity contribution in [1.82, 2.24) is 37.2 Å². The minimum Gasteiger partial charge on any atom is -0.508 e. The summed E-state index contributed by atoms with van der Waals surface area (Å²) >= 11 is 7.11. The minimum absolute atomic E-state index is 0.120. The fourth-order valence-electron chi connectivity index (χ4n) is 13.7. The Kier molecular flexibility index (Phi) is 24.4. The van der Waals surface area contributed by atoms with E-state index >= 15 is 19.2 Å². The van der Waals surface area contributed by atoms with Crippen molar-refractivity contribution in [3.63, 3.8) is 0 Å². The van der Waals surface area contributed by atoms with E-state index in [0.717, 1.165) is 84.9 Å². The van der Waals surface area contributed by atoms with Crippen molar-refractivity contribution in [2.45, 2.75) is 162 Å². The number of amides is 7. The monoisotopic (exact) mass is 1580 g/mol. The van der Waals surface area contributed by atoms with Gasteiger partial charge in [0.25, 0.3) is 0 Å². The Morgan fingerprint density at radius 1 is 0.723 bits per heavy atom. The molecule has 0 unspecified atom stereocenters. The lowest BCUT2D eigenvalue weighted by Gasteiger charge is -2.47. The van der Waals surface area contributed by atoms with Gasteiger partial charge in [0.05, 0.1) is 41.9 Å². The van der Waals surface area contributed by atoms with E-state index in [-0.39, 0.29) is 46.8 Å². The molecule has 7 heterocycles. The molecule has 11 bridgehead atoms. The highest BCUT2D eigenvalue weighted by Crippen LogP contribution is 2.50. The first kappa shape index (κ1) is 82.2. The number of phenolic OH excluding ortho intramolecular Hbond substituents is 3. The van der Waals surface area contributed by atoms with Gasteiger partial charge in [-0.1, -0.05) is 67.9 Å². The van der Waals surface area contributed by atoms with Crippen LogP contribution in [-0.4, -0.2) is 191 Å². The van der Waals surface area contributed by atoms with Gasteiger partial charge in [0, 0.05) is 40.3 Å². The Bertz CT molecular complexity index is 4670. The van der Waals surface area contributed by atoms with E-state index in [9.17, 15) is 83.4 Å². The predicted molar refractivity (Wildman–Crippen MR) is 385 cm³/mol. The molecule has 13 rings (SSSR count). The van der Waals surface area contributed by atoms with Crippen LogP contribution < -0.4 is 62.9 Å². The van der Waals surface area contributed by atoms with E-state index in [1.54, 1.807) is 13.8 Å². The number of alkyl halides is 3. The number of aliphatic hydroxyl groups is 6. The largest absolute Gasteiger partial charge is 0.508 e. The van der Waals surface area contributed by atoms with Gasteiger partial charge < -0.3 is 128 Å². The molecular formula is C75H81ClF3N9O24. The standard InChI is InChI=1S/C75H81ClF3N9O24/c1-29(2)18-42(82-5)66(99)87-57-59(94)34-11-16-46(32(19-34)9-6-31-7-13-37(14-8-31)75(77,78)79)108-48-22-36-23-49(63(48)112-73-64(62(97)61(96)50(28-89)110-73)111-52-27-74(4,81)65(98)30(3)107-52)109-47-17-12-35(21-41(47)76)60(95)58-71(104)86-56(72(105)106)40-24-38(90)25-45(92)53(40)39-20-33(10-15-44(39)91)54(68(101)88-58)85-69(102)55(36)84-67(100)43(26-51(80)93)83-70(57)103/h6-17,19-25,29-30,42-43,50,52,54-62,64-65,73,82,89-92,94-98H,18,26-28,81H2,1-5H3,(H2,80,93)(H,83,103)(H,84,100)(H,85,102)(H,86,104)(H,87,99)(H,88,101)(H,105,106)/b9-6+/t30-,42+,43-,50+,52-,54+,55+,56-,57+,58-,59+,60+,61+,62-,64+,65+,73-,74-/m0/s1. The van der Waals surface area contributed by atoms with Crippen molar-refractivity contribution in [1.29, 1.82) is 0 Å². The number of nitrogens with two attached hydrogens (primary N) is 2. The summed E-state index contributed by atoms with van der Waals surface area (Å²) in [6.07, 6.45) is -21.6. The molecule has 6 aromatic rings. The van der Waals surface area contributed by atoms with Crippen molar-refractivity contribution in [3.05, 3.63) is 153 Å². The number of nitrogens with one attached hydrogen (secondary N) is 7. The molecule has 0 radical (unpaired) electrons. The zero-order chi connectivity index (χ0) is 81.4. The molecule has 0 aromatic heterocycles. The molecule has 33 nitrogen and oxygen atoms in total. The van der Waals surface area contributed by atoms with Crippen LogP contribution in [0, 0.1) is 5.92 Å². The van der Waals surface area contributed by atoms with Gasteiger partial charge in [-0.15, -0.1) is 0 Å². The first-order valence-electron chi connectivity index (χ1n) is 35.0. The molecule has 37 heteroatoms. The van der Waals surface area contributed by atoms with Crippen LogP contribution in [0.4, 0.5) is 13.2 Å². The highest BCUT2D eigenvalue weighted by molar-refractivity contribution is 6.32. The number of aliphatic carboxylic acids is 1. The van der Waals surface area contributed by atoms with E-state index in [4.69, 9.17) is 51.5 Å². The molecule has 598 valence electrons. The van der Waals surface area contributed by atoms with E-state index in [1.807, 2.05) is 0 Å². The van der Waals surface area contributed by atoms with Gasteiger partial charge in [-0.2, -0.15) is 13.2 Å². The molecule has 112 heavy (non-hydrogen) atoms. The third kappa shape index (κ3) is 17.8. The molecule has 7 amide bonds. The number of hydrogen-bond acceptors (Lipinski definition) is 25. The Morgan fingerprint density at radius 2 is 1.36 bits per heavy atom. The number of carbonyl (C=O) groups excluding carboxylic acids is 7. The Balaban J connectivity index is 1.21. The summed E-state index contributed by atoms with van der Waals surface area (Å²) in [7, 11) is 1.44. The number of aliphatic hydroxyl groups excluding tert-OH is 6. The van der Waals surface area contributed by atoms with Crippen LogP contribution >= 0.6 is 11.6 Å². The van der Waals surface area contributed by atoms with Gasteiger partial charge in [-0.05, 0) is 128 Å². The van der Waals surface area contributed by atoms with E-state index in [1.165, 1.54) is 51.2 Å². The Hall–Kier alpha value is -10.7. The first-order valence-corrected chi connectivity index (χ1v) is 35.4. The molecule has 0 aliphatic carbocycles. The van der Waals surface area contributed by atoms with Crippen molar-refractivity contribution in [2.24, 2.45) is 17.4 Å². The molecule has 7 aliphatic heterocycles. The maximum Gasteiger partial charge on any atom is 0.416 e. The summed E-state index contributed by atoms with van der Waals surface area (Å²) < 4.78 is 80.9. The third-order valence-corrected chi connectivity index (χ3v) is 19.8. The first-order chi connectivity index (χ1) is 52.8. The summed E-state index contributed by atoms with van der Waals surface area (Å²) in [5, 5.41) is 132. The lowest BCUT2D eigenvalue weighted by atomic mass is 9.86. The van der Waals surface area contributed by atoms with Crippen molar-refractivity contribution >= 4 is 71.1 Å². The number of benzene rings is 6. The minimum atomic E-state index is -4.77. The summed E-state index contributed by atoms with van der Waals surface area (Å²) in [6, 6.07) is 2.38. The smallest absolute Gasteiger partial charge is 0.416 e. The average molecular weight is 1580 g/mol.